The van der Waals surface area contributed by atoms with Gasteiger partial charge in [-0.1, -0.05) is 30.3 Å². The molecule has 2 aromatic carbocycles. The first-order chi connectivity index (χ1) is 14.5. The van der Waals surface area contributed by atoms with Gasteiger partial charge in [-0.05, 0) is 12.1 Å². The molecule has 0 radical (unpaired) electrons. The van der Waals surface area contributed by atoms with Gasteiger partial charge in [0.15, 0.2) is 18.0 Å². The van der Waals surface area contributed by atoms with Gasteiger partial charge in [-0.25, -0.2) is 9.97 Å². The monoisotopic (exact) mass is 403 g/mol. The molecule has 9 nitrogen and oxygen atoms in total. The van der Waals surface area contributed by atoms with Gasteiger partial charge in [-0.15, -0.1) is 0 Å². The number of aryl methyl sites for hydroxylation is 1. The predicted molar refractivity (Wildman–Crippen MR) is 109 cm³/mol. The van der Waals surface area contributed by atoms with E-state index in [0.29, 0.717) is 11.5 Å². The first-order valence-electron chi connectivity index (χ1n) is 9.06. The zero-order chi connectivity index (χ0) is 21.1. The smallest absolute Gasteiger partial charge is 0.293 e. The van der Waals surface area contributed by atoms with Crippen LogP contribution in [0.5, 0.6) is 0 Å². The molecule has 0 unspecified atom stereocenters. The van der Waals surface area contributed by atoms with Crippen LogP contribution < -0.4 is 5.32 Å². The van der Waals surface area contributed by atoms with Crippen LogP contribution in [-0.4, -0.2) is 25.2 Å². The lowest BCUT2D eigenvalue weighted by Crippen LogP contribution is -2.10. The molecule has 0 saturated heterocycles. The Labute approximate surface area is 171 Å². The molecule has 0 aliphatic carbocycles. The summed E-state index contributed by atoms with van der Waals surface area (Å²) in [5.41, 5.74) is 1.73. The van der Waals surface area contributed by atoms with E-state index in [1.54, 1.807) is 17.8 Å². The van der Waals surface area contributed by atoms with E-state index < -0.39 is 4.92 Å². The van der Waals surface area contributed by atoms with Gasteiger partial charge in [0.05, 0.1) is 11.5 Å². The van der Waals surface area contributed by atoms with Crippen LogP contribution in [0.2, 0.25) is 0 Å². The number of carbonyl (C=O) groups is 1. The molecule has 0 aliphatic heterocycles. The molecule has 0 spiro atoms. The maximum absolute atomic E-state index is 12.6. The zero-order valence-electron chi connectivity index (χ0n) is 16.0. The number of benzene rings is 2. The van der Waals surface area contributed by atoms with E-state index in [1.807, 2.05) is 30.3 Å². The van der Waals surface area contributed by atoms with Crippen molar-refractivity contribution in [2.75, 3.05) is 5.32 Å². The highest BCUT2D eigenvalue weighted by Crippen LogP contribution is 2.29. The summed E-state index contributed by atoms with van der Waals surface area (Å²) < 4.78 is 7.05. The van der Waals surface area contributed by atoms with Gasteiger partial charge in [-0.2, -0.15) is 0 Å². The number of nitrogens with zero attached hydrogens (tertiary/aromatic N) is 4. The molecule has 30 heavy (non-hydrogen) atoms. The van der Waals surface area contributed by atoms with E-state index in [0.717, 1.165) is 5.56 Å². The van der Waals surface area contributed by atoms with Crippen molar-refractivity contribution >= 4 is 17.2 Å². The standard InChI is InChI=1S/C21H17N5O4/c1-25-10-9-22-21(25)19(27)15-7-8-16(18(11-15)26(28)29)23-12-17-20(30-13-24-17)14-5-3-2-4-6-14/h2-11,13,23H,12H2,1H3. The third kappa shape index (κ3) is 3.68. The molecule has 0 bridgehead atoms. The van der Waals surface area contributed by atoms with Crippen LogP contribution in [0.25, 0.3) is 11.3 Å². The lowest BCUT2D eigenvalue weighted by Gasteiger charge is -2.08. The highest BCUT2D eigenvalue weighted by Gasteiger charge is 2.21. The minimum absolute atomic E-state index is 0.188. The molecule has 0 aliphatic rings. The summed E-state index contributed by atoms with van der Waals surface area (Å²) in [6, 6.07) is 13.8. The van der Waals surface area contributed by atoms with Gasteiger partial charge >= 0.3 is 0 Å². The van der Waals surface area contributed by atoms with E-state index in [2.05, 4.69) is 15.3 Å². The molecular formula is C21H17N5O4. The quantitative estimate of drug-likeness (QED) is 0.283. The predicted octanol–water partition coefficient (Wildman–Crippen LogP) is 3.83. The number of rotatable bonds is 7. The number of nitrogens with one attached hydrogen (secondary N) is 1. The topological polar surface area (TPSA) is 116 Å². The second-order valence-corrected chi connectivity index (χ2v) is 6.53. The zero-order valence-corrected chi connectivity index (χ0v) is 16.0. The second kappa shape index (κ2) is 8.00. The van der Waals surface area contributed by atoms with Gasteiger partial charge in [-0.3, -0.25) is 14.9 Å². The van der Waals surface area contributed by atoms with Crippen molar-refractivity contribution in [3.63, 3.8) is 0 Å². The number of anilines is 1. The Morgan fingerprint density at radius 1 is 1.20 bits per heavy atom. The average Bonchev–Trinajstić information content (AvgIpc) is 3.41. The lowest BCUT2D eigenvalue weighted by atomic mass is 10.1. The van der Waals surface area contributed by atoms with Gasteiger partial charge in [0, 0.05) is 36.6 Å². The number of ketones is 1. The Morgan fingerprint density at radius 2 is 2.00 bits per heavy atom. The molecule has 4 aromatic rings. The fourth-order valence-corrected chi connectivity index (χ4v) is 3.09. The Hall–Kier alpha value is -4.27. The van der Waals surface area contributed by atoms with Crippen LogP contribution in [0.3, 0.4) is 0 Å². The Kier molecular flexibility index (Phi) is 5.08. The van der Waals surface area contributed by atoms with E-state index in [1.165, 1.54) is 30.8 Å². The molecule has 150 valence electrons. The van der Waals surface area contributed by atoms with Crippen molar-refractivity contribution in [2.24, 2.45) is 7.05 Å². The maximum Gasteiger partial charge on any atom is 0.293 e. The van der Waals surface area contributed by atoms with Crippen LogP contribution in [0.4, 0.5) is 11.4 Å². The molecule has 2 heterocycles. The number of aromatic nitrogens is 3. The van der Waals surface area contributed by atoms with Crippen molar-refractivity contribution < 1.29 is 14.1 Å². The summed E-state index contributed by atoms with van der Waals surface area (Å²) in [7, 11) is 1.69. The third-order valence-electron chi connectivity index (χ3n) is 4.60. The fourth-order valence-electron chi connectivity index (χ4n) is 3.09. The number of imidazole rings is 1. The summed E-state index contributed by atoms with van der Waals surface area (Å²) >= 11 is 0. The number of carbonyl (C=O) groups excluding carboxylic acids is 1. The van der Waals surface area contributed by atoms with Crippen molar-refractivity contribution in [3.05, 3.63) is 94.5 Å². The van der Waals surface area contributed by atoms with Crippen LogP contribution in [0.15, 0.2) is 71.7 Å². The summed E-state index contributed by atoms with van der Waals surface area (Å²) in [6.07, 6.45) is 4.47. The molecule has 2 aromatic heterocycles. The highest BCUT2D eigenvalue weighted by molar-refractivity contribution is 6.07. The summed E-state index contributed by atoms with van der Waals surface area (Å²) in [4.78, 5) is 31.9. The molecule has 0 amide bonds. The van der Waals surface area contributed by atoms with E-state index >= 15 is 0 Å². The molecule has 0 atom stereocenters. The normalized spacial score (nSPS) is 10.7. The van der Waals surface area contributed by atoms with Crippen molar-refractivity contribution in [1.29, 1.82) is 0 Å². The van der Waals surface area contributed by atoms with Crippen LogP contribution in [0, 0.1) is 10.1 Å². The first kappa shape index (κ1) is 19.1. The second-order valence-electron chi connectivity index (χ2n) is 6.53. The van der Waals surface area contributed by atoms with Crippen LogP contribution in [-0.2, 0) is 13.6 Å². The number of nitro benzene ring substituents is 1. The minimum Gasteiger partial charge on any atom is -0.443 e. The van der Waals surface area contributed by atoms with Crippen molar-refractivity contribution in [3.8, 4) is 11.3 Å². The summed E-state index contributed by atoms with van der Waals surface area (Å²) in [5.74, 6) is 0.410. The third-order valence-corrected chi connectivity index (χ3v) is 4.60. The number of hydrogen-bond acceptors (Lipinski definition) is 7. The molecule has 4 rings (SSSR count). The minimum atomic E-state index is -0.529. The summed E-state index contributed by atoms with van der Waals surface area (Å²) in [5, 5.41) is 14.6. The fraction of sp³-hybridized carbons (Fsp3) is 0.0952. The molecule has 0 saturated carbocycles. The van der Waals surface area contributed by atoms with Gasteiger partial charge in [0.25, 0.3) is 5.69 Å². The van der Waals surface area contributed by atoms with Crippen LogP contribution >= 0.6 is 0 Å². The van der Waals surface area contributed by atoms with E-state index in [9.17, 15) is 14.9 Å². The Balaban J connectivity index is 1.59. The average molecular weight is 403 g/mol. The van der Waals surface area contributed by atoms with Gasteiger partial charge < -0.3 is 14.3 Å². The number of nitro groups is 1. The lowest BCUT2D eigenvalue weighted by molar-refractivity contribution is -0.384. The van der Waals surface area contributed by atoms with Gasteiger partial charge in [0.1, 0.15) is 11.4 Å². The van der Waals surface area contributed by atoms with E-state index in [-0.39, 0.29) is 35.1 Å². The van der Waals surface area contributed by atoms with Crippen molar-refractivity contribution in [2.45, 2.75) is 6.54 Å². The number of hydrogen-bond donors (Lipinski definition) is 1. The molecular weight excluding hydrogens is 386 g/mol. The SMILES string of the molecule is Cn1ccnc1C(=O)c1ccc(NCc2ncoc2-c2ccccc2)c([N+](=O)[O-])c1. The van der Waals surface area contributed by atoms with E-state index in [4.69, 9.17) is 4.42 Å². The Morgan fingerprint density at radius 3 is 2.70 bits per heavy atom. The number of oxazole rings is 1. The first-order valence-corrected chi connectivity index (χ1v) is 9.06. The molecule has 1 N–H and O–H groups in total. The van der Waals surface area contributed by atoms with Gasteiger partial charge in [0.2, 0.25) is 5.78 Å². The summed E-state index contributed by atoms with van der Waals surface area (Å²) in [6.45, 7) is 0.216. The van der Waals surface area contributed by atoms with Crippen molar-refractivity contribution in [1.82, 2.24) is 14.5 Å². The van der Waals surface area contributed by atoms with Crippen LogP contribution in [0.1, 0.15) is 21.9 Å². The largest absolute Gasteiger partial charge is 0.443 e. The molecule has 9 heteroatoms. The highest BCUT2D eigenvalue weighted by atomic mass is 16.6. The maximum atomic E-state index is 12.6. The Bertz CT molecular complexity index is 1210. The molecule has 0 fully saturated rings.